The van der Waals surface area contributed by atoms with Crippen molar-refractivity contribution in [3.05, 3.63) is 35.4 Å². The molecule has 1 saturated heterocycles. The minimum atomic E-state index is -0.825. The summed E-state index contributed by atoms with van der Waals surface area (Å²) in [5, 5.41) is 21.1. The van der Waals surface area contributed by atoms with Gasteiger partial charge in [-0.25, -0.2) is 0 Å². The van der Waals surface area contributed by atoms with Crippen LogP contribution in [0.25, 0.3) is 0 Å². The van der Waals surface area contributed by atoms with Crippen molar-refractivity contribution >= 4 is 18.4 Å². The SMILES string of the molecule is Cl.N#Cc1ccc(C[C@@]2(C(=O)O)CCCN2)cc1. The van der Waals surface area contributed by atoms with Gasteiger partial charge in [-0.3, -0.25) is 4.79 Å². The van der Waals surface area contributed by atoms with E-state index >= 15 is 0 Å². The summed E-state index contributed by atoms with van der Waals surface area (Å²) in [5.41, 5.74) is 0.715. The smallest absolute Gasteiger partial charge is 0.324 e. The molecule has 2 N–H and O–H groups in total. The first-order chi connectivity index (χ1) is 8.16. The highest BCUT2D eigenvalue weighted by molar-refractivity contribution is 5.85. The molecular weight excluding hydrogens is 252 g/mol. The second-order valence-electron chi connectivity index (χ2n) is 4.40. The van der Waals surface area contributed by atoms with Crippen molar-refractivity contribution in [2.75, 3.05) is 6.54 Å². The molecule has 1 atom stereocenters. The number of halogens is 1. The van der Waals surface area contributed by atoms with E-state index in [4.69, 9.17) is 5.26 Å². The summed E-state index contributed by atoms with van der Waals surface area (Å²) < 4.78 is 0. The Morgan fingerprint density at radius 1 is 1.44 bits per heavy atom. The number of rotatable bonds is 3. The molecule has 0 unspecified atom stereocenters. The number of hydrogen-bond donors (Lipinski definition) is 2. The third-order valence-corrected chi connectivity index (χ3v) is 3.24. The topological polar surface area (TPSA) is 73.1 Å². The van der Waals surface area contributed by atoms with Gasteiger partial charge in [-0.15, -0.1) is 12.4 Å². The van der Waals surface area contributed by atoms with Gasteiger partial charge in [0.25, 0.3) is 0 Å². The van der Waals surface area contributed by atoms with Gasteiger partial charge in [0.15, 0.2) is 0 Å². The molecule has 0 aliphatic carbocycles. The average Bonchev–Trinajstić information content (AvgIpc) is 2.80. The Bertz CT molecular complexity index is 459. The van der Waals surface area contributed by atoms with Crippen molar-refractivity contribution in [3.8, 4) is 6.07 Å². The molecular formula is C13H15ClN2O2. The monoisotopic (exact) mass is 266 g/mol. The summed E-state index contributed by atoms with van der Waals surface area (Å²) in [6, 6.07) is 9.14. The Balaban J connectivity index is 0.00000162. The molecule has 1 aromatic carbocycles. The average molecular weight is 267 g/mol. The molecule has 96 valence electrons. The third kappa shape index (κ3) is 2.81. The molecule has 0 amide bonds. The van der Waals surface area contributed by atoms with Crippen LogP contribution in [0.4, 0.5) is 0 Å². The van der Waals surface area contributed by atoms with Gasteiger partial charge in [-0.2, -0.15) is 5.26 Å². The van der Waals surface area contributed by atoms with Gasteiger partial charge in [0.05, 0.1) is 11.6 Å². The fourth-order valence-electron chi connectivity index (χ4n) is 2.26. The molecule has 1 aliphatic heterocycles. The fraction of sp³-hybridized carbons (Fsp3) is 0.385. The summed E-state index contributed by atoms with van der Waals surface area (Å²) in [6.45, 7) is 0.753. The summed E-state index contributed by atoms with van der Waals surface area (Å²) in [4.78, 5) is 11.3. The van der Waals surface area contributed by atoms with Crippen molar-refractivity contribution in [1.29, 1.82) is 5.26 Å². The largest absolute Gasteiger partial charge is 0.480 e. The molecule has 0 radical (unpaired) electrons. The van der Waals surface area contributed by atoms with E-state index in [0.29, 0.717) is 18.4 Å². The Kier molecular flexibility index (Phi) is 4.71. The van der Waals surface area contributed by atoms with Crippen LogP contribution in [-0.4, -0.2) is 23.2 Å². The quantitative estimate of drug-likeness (QED) is 0.874. The lowest BCUT2D eigenvalue weighted by Gasteiger charge is -2.24. The maximum atomic E-state index is 11.3. The van der Waals surface area contributed by atoms with Crippen LogP contribution in [0.3, 0.4) is 0 Å². The number of aliphatic carboxylic acids is 1. The summed E-state index contributed by atoms with van der Waals surface area (Å²) in [7, 11) is 0. The highest BCUT2D eigenvalue weighted by atomic mass is 35.5. The lowest BCUT2D eigenvalue weighted by molar-refractivity contribution is -0.144. The zero-order valence-electron chi connectivity index (χ0n) is 9.85. The minimum absolute atomic E-state index is 0. The van der Waals surface area contributed by atoms with E-state index in [1.165, 1.54) is 0 Å². The fourth-order valence-corrected chi connectivity index (χ4v) is 2.26. The maximum Gasteiger partial charge on any atom is 0.324 e. The number of nitriles is 1. The Labute approximate surface area is 112 Å². The van der Waals surface area contributed by atoms with Gasteiger partial charge in [0, 0.05) is 6.42 Å². The molecule has 18 heavy (non-hydrogen) atoms. The van der Waals surface area contributed by atoms with Crippen LogP contribution in [0.2, 0.25) is 0 Å². The predicted octanol–water partition coefficient (Wildman–Crippen LogP) is 1.73. The molecule has 0 spiro atoms. The third-order valence-electron chi connectivity index (χ3n) is 3.24. The highest BCUT2D eigenvalue weighted by Crippen LogP contribution is 2.24. The first kappa shape index (κ1) is 14.5. The number of hydrogen-bond acceptors (Lipinski definition) is 3. The van der Waals surface area contributed by atoms with Crippen molar-refractivity contribution in [2.24, 2.45) is 0 Å². The van der Waals surface area contributed by atoms with Gasteiger partial charge in [0.1, 0.15) is 5.54 Å². The van der Waals surface area contributed by atoms with Gasteiger partial charge in [0.2, 0.25) is 0 Å². The van der Waals surface area contributed by atoms with Crippen LogP contribution in [0.1, 0.15) is 24.0 Å². The molecule has 4 nitrogen and oxygen atoms in total. The van der Waals surface area contributed by atoms with Crippen LogP contribution in [0.5, 0.6) is 0 Å². The zero-order valence-corrected chi connectivity index (χ0v) is 10.7. The summed E-state index contributed by atoms with van der Waals surface area (Å²) in [5.74, 6) is -0.792. The molecule has 1 aromatic rings. The molecule has 0 aromatic heterocycles. The Morgan fingerprint density at radius 3 is 2.56 bits per heavy atom. The Morgan fingerprint density at radius 2 is 2.11 bits per heavy atom. The molecule has 1 heterocycles. The first-order valence-electron chi connectivity index (χ1n) is 5.64. The van der Waals surface area contributed by atoms with E-state index in [9.17, 15) is 9.90 Å². The second kappa shape index (κ2) is 5.85. The van der Waals surface area contributed by atoms with E-state index in [2.05, 4.69) is 5.32 Å². The number of carbonyl (C=O) groups is 1. The van der Waals surface area contributed by atoms with E-state index in [-0.39, 0.29) is 12.4 Å². The molecule has 1 fully saturated rings. The van der Waals surface area contributed by atoms with Gasteiger partial charge < -0.3 is 10.4 Å². The molecule has 5 heteroatoms. The number of nitrogens with one attached hydrogen (secondary N) is 1. The van der Waals surface area contributed by atoms with Crippen LogP contribution in [-0.2, 0) is 11.2 Å². The zero-order chi connectivity index (χ0) is 12.3. The number of carboxylic acids is 1. The van der Waals surface area contributed by atoms with Crippen molar-refractivity contribution in [1.82, 2.24) is 5.32 Å². The van der Waals surface area contributed by atoms with Crippen LogP contribution >= 0.6 is 12.4 Å². The normalized spacial score (nSPS) is 21.9. The van der Waals surface area contributed by atoms with Crippen LogP contribution < -0.4 is 5.32 Å². The molecule has 0 bridgehead atoms. The van der Waals surface area contributed by atoms with Crippen molar-refractivity contribution in [2.45, 2.75) is 24.8 Å². The standard InChI is InChI=1S/C13H14N2O2.ClH/c14-9-11-4-2-10(3-5-11)8-13(12(16)17)6-1-7-15-13;/h2-5,15H,1,6-8H2,(H,16,17);1H/t13-;/m1./s1. The number of benzene rings is 1. The number of carboxylic acid groups (broad SMARTS) is 1. The first-order valence-corrected chi connectivity index (χ1v) is 5.64. The van der Waals surface area contributed by atoms with Gasteiger partial charge >= 0.3 is 5.97 Å². The highest BCUT2D eigenvalue weighted by Gasteiger charge is 2.40. The van der Waals surface area contributed by atoms with E-state index in [1.54, 1.807) is 12.1 Å². The predicted molar refractivity (Wildman–Crippen MR) is 69.7 cm³/mol. The van der Waals surface area contributed by atoms with E-state index in [0.717, 1.165) is 18.5 Å². The number of nitrogens with zero attached hydrogens (tertiary/aromatic N) is 1. The lowest BCUT2D eigenvalue weighted by Crippen LogP contribution is -2.49. The molecule has 0 saturated carbocycles. The van der Waals surface area contributed by atoms with E-state index < -0.39 is 11.5 Å². The van der Waals surface area contributed by atoms with Crippen LogP contribution in [0, 0.1) is 11.3 Å². The second-order valence-corrected chi connectivity index (χ2v) is 4.40. The lowest BCUT2D eigenvalue weighted by atomic mass is 9.89. The van der Waals surface area contributed by atoms with Gasteiger partial charge in [-0.05, 0) is 37.1 Å². The maximum absolute atomic E-state index is 11.3. The van der Waals surface area contributed by atoms with Gasteiger partial charge in [-0.1, -0.05) is 12.1 Å². The Hall–Kier alpha value is -1.57. The van der Waals surface area contributed by atoms with Crippen molar-refractivity contribution in [3.63, 3.8) is 0 Å². The molecule has 2 rings (SSSR count). The summed E-state index contributed by atoms with van der Waals surface area (Å²) in [6.07, 6.45) is 2.01. The van der Waals surface area contributed by atoms with Crippen molar-refractivity contribution < 1.29 is 9.90 Å². The summed E-state index contributed by atoms with van der Waals surface area (Å²) >= 11 is 0. The van der Waals surface area contributed by atoms with Crippen LogP contribution in [0.15, 0.2) is 24.3 Å². The minimum Gasteiger partial charge on any atom is -0.480 e. The molecule has 1 aliphatic rings. The van der Waals surface area contributed by atoms with E-state index in [1.807, 2.05) is 18.2 Å².